The van der Waals surface area contributed by atoms with Gasteiger partial charge in [0.2, 0.25) is 14.2 Å². The fourth-order valence-corrected chi connectivity index (χ4v) is 5.01. The second kappa shape index (κ2) is 6.54. The van der Waals surface area contributed by atoms with Crippen LogP contribution < -0.4 is 0 Å². The summed E-state index contributed by atoms with van der Waals surface area (Å²) in [5.74, 6) is -0.0463. The van der Waals surface area contributed by atoms with Gasteiger partial charge in [-0.25, -0.2) is 18.2 Å². The topological polar surface area (TPSA) is 76.6 Å². The number of likely N-dealkylation sites (tertiary alicyclic amines) is 1. The molecule has 2 rings (SSSR count). The molecule has 0 aromatic carbocycles. The van der Waals surface area contributed by atoms with Gasteiger partial charge in [-0.3, -0.25) is 0 Å². The molecule has 0 unspecified atom stereocenters. The van der Waals surface area contributed by atoms with E-state index < -0.39 is 15.4 Å². The number of rotatable bonds is 3. The van der Waals surface area contributed by atoms with Gasteiger partial charge in [-0.15, -0.1) is 11.3 Å². The highest BCUT2D eigenvalue weighted by Gasteiger charge is 2.31. The molecule has 1 aromatic heterocycles. The quantitative estimate of drug-likeness (QED) is 0.841. The number of sulfone groups is 1. The number of hydrogen-bond donors (Lipinski definition) is 0. The van der Waals surface area contributed by atoms with Crippen molar-refractivity contribution in [3.63, 3.8) is 0 Å². The molecule has 0 N–H and O–H groups in total. The highest BCUT2D eigenvalue weighted by molar-refractivity contribution is 7.93. The Morgan fingerprint density at radius 3 is 2.82 bits per heavy atom. The van der Waals surface area contributed by atoms with Crippen LogP contribution in [0.2, 0.25) is 0 Å². The van der Waals surface area contributed by atoms with E-state index >= 15 is 0 Å². The van der Waals surface area contributed by atoms with Crippen molar-refractivity contribution in [3.8, 4) is 0 Å². The van der Waals surface area contributed by atoms with E-state index in [9.17, 15) is 13.2 Å². The number of carbonyl (C=O) groups excluding carboxylic acids is 1. The Bertz CT molecular complexity index is 605. The van der Waals surface area contributed by atoms with Crippen LogP contribution in [0.15, 0.2) is 15.9 Å². The molecule has 1 aromatic rings. The van der Waals surface area contributed by atoms with Crippen LogP contribution in [-0.4, -0.2) is 48.8 Å². The lowest BCUT2D eigenvalue weighted by Crippen LogP contribution is -2.44. The molecule has 124 valence electrons. The molecule has 1 amide bonds. The standard InChI is InChI=1S/C14H22N2O4S2/c1-14(2,3)20-13(17)16-7-4-5-11(9-16)10-22(18,19)12-15-6-8-21-12/h6,8,11H,4-5,7,9-10H2,1-3H3/t11-/m0/s1. The fourth-order valence-electron chi connectivity index (χ4n) is 2.44. The Morgan fingerprint density at radius 1 is 1.50 bits per heavy atom. The SMILES string of the molecule is CC(C)(C)OC(=O)N1CCC[C@H](CS(=O)(=O)c2nccs2)C1. The maximum Gasteiger partial charge on any atom is 0.410 e. The van der Waals surface area contributed by atoms with Crippen LogP contribution in [0.1, 0.15) is 33.6 Å². The van der Waals surface area contributed by atoms with Crippen molar-refractivity contribution in [2.75, 3.05) is 18.8 Å². The Hall–Kier alpha value is -1.15. The second-order valence-corrected chi connectivity index (χ2v) is 9.62. The zero-order valence-corrected chi connectivity index (χ0v) is 14.7. The third-order valence-corrected chi connectivity index (χ3v) is 6.46. The van der Waals surface area contributed by atoms with Crippen LogP contribution in [0, 0.1) is 5.92 Å². The zero-order chi connectivity index (χ0) is 16.4. The Kier molecular flexibility index (Phi) is 5.11. The van der Waals surface area contributed by atoms with E-state index in [0.29, 0.717) is 13.1 Å². The lowest BCUT2D eigenvalue weighted by molar-refractivity contribution is 0.0176. The first-order valence-corrected chi connectivity index (χ1v) is 9.81. The van der Waals surface area contributed by atoms with E-state index in [2.05, 4.69) is 4.98 Å². The molecule has 0 saturated carbocycles. The van der Waals surface area contributed by atoms with Gasteiger partial charge in [0.25, 0.3) is 0 Å². The number of thiazole rings is 1. The number of carbonyl (C=O) groups is 1. The number of ether oxygens (including phenoxy) is 1. The maximum absolute atomic E-state index is 12.3. The van der Waals surface area contributed by atoms with Crippen molar-refractivity contribution in [2.24, 2.45) is 5.92 Å². The highest BCUT2D eigenvalue weighted by Crippen LogP contribution is 2.24. The molecule has 8 heteroatoms. The predicted octanol–water partition coefficient (Wildman–Crippen LogP) is 2.56. The van der Waals surface area contributed by atoms with Crippen LogP contribution in [0.25, 0.3) is 0 Å². The minimum absolute atomic E-state index is 0.0276. The predicted molar refractivity (Wildman–Crippen MR) is 84.7 cm³/mol. The Morgan fingerprint density at radius 2 is 2.23 bits per heavy atom. The van der Waals surface area contributed by atoms with Gasteiger partial charge in [-0.2, -0.15) is 0 Å². The van der Waals surface area contributed by atoms with Crippen molar-refractivity contribution >= 4 is 27.3 Å². The van der Waals surface area contributed by atoms with E-state index in [4.69, 9.17) is 4.74 Å². The average molecular weight is 346 g/mol. The molecule has 2 heterocycles. The van der Waals surface area contributed by atoms with Crippen molar-refractivity contribution < 1.29 is 17.9 Å². The number of amides is 1. The van der Waals surface area contributed by atoms with Crippen LogP contribution in [0.3, 0.4) is 0 Å². The second-order valence-electron chi connectivity index (χ2n) is 6.51. The smallest absolute Gasteiger partial charge is 0.410 e. The minimum Gasteiger partial charge on any atom is -0.444 e. The highest BCUT2D eigenvalue weighted by atomic mass is 32.2. The van der Waals surface area contributed by atoms with Gasteiger partial charge in [0.1, 0.15) is 5.60 Å². The van der Waals surface area contributed by atoms with Gasteiger partial charge in [-0.1, -0.05) is 0 Å². The molecule has 22 heavy (non-hydrogen) atoms. The Balaban J connectivity index is 1.98. The summed E-state index contributed by atoms with van der Waals surface area (Å²) in [7, 11) is -3.37. The van der Waals surface area contributed by atoms with Crippen LogP contribution >= 0.6 is 11.3 Å². The number of nitrogens with zero attached hydrogens (tertiary/aromatic N) is 2. The molecule has 0 spiro atoms. The van der Waals surface area contributed by atoms with E-state index in [1.807, 2.05) is 20.8 Å². The molecule has 1 atom stereocenters. The van der Waals surface area contributed by atoms with Gasteiger partial charge < -0.3 is 9.64 Å². The molecule has 0 bridgehead atoms. The average Bonchev–Trinajstić information content (AvgIpc) is 2.91. The molecular formula is C14H22N2O4S2. The number of aromatic nitrogens is 1. The zero-order valence-electron chi connectivity index (χ0n) is 13.1. The van der Waals surface area contributed by atoms with Crippen LogP contribution in [0.4, 0.5) is 4.79 Å². The third-order valence-electron chi connectivity index (χ3n) is 3.30. The summed E-state index contributed by atoms with van der Waals surface area (Å²) >= 11 is 1.13. The molecule has 1 aliphatic rings. The molecular weight excluding hydrogens is 324 g/mol. The Labute approximate surface area is 135 Å². The molecule has 6 nitrogen and oxygen atoms in total. The van der Waals surface area contributed by atoms with Crippen LogP contribution in [0.5, 0.6) is 0 Å². The van der Waals surface area contributed by atoms with Gasteiger partial charge in [0, 0.05) is 24.7 Å². The first-order chi connectivity index (χ1) is 10.2. The van der Waals surface area contributed by atoms with Gasteiger partial charge in [0.15, 0.2) is 0 Å². The van der Waals surface area contributed by atoms with Crippen molar-refractivity contribution in [1.82, 2.24) is 9.88 Å². The van der Waals surface area contributed by atoms with Gasteiger partial charge >= 0.3 is 6.09 Å². The minimum atomic E-state index is -3.37. The molecule has 1 aliphatic heterocycles. The third kappa shape index (κ3) is 4.67. The summed E-state index contributed by atoms with van der Waals surface area (Å²) < 4.78 is 30.1. The molecule has 0 aliphatic carbocycles. The van der Waals surface area contributed by atoms with Crippen molar-refractivity contribution in [1.29, 1.82) is 0 Å². The summed E-state index contributed by atoms with van der Waals surface area (Å²) in [5, 5.41) is 1.65. The number of hydrogen-bond acceptors (Lipinski definition) is 6. The summed E-state index contributed by atoms with van der Waals surface area (Å²) in [4.78, 5) is 17.6. The normalized spacial score (nSPS) is 20.0. The largest absolute Gasteiger partial charge is 0.444 e. The van der Waals surface area contributed by atoms with E-state index in [-0.39, 0.29) is 22.1 Å². The fraction of sp³-hybridized carbons (Fsp3) is 0.714. The van der Waals surface area contributed by atoms with Crippen LogP contribution in [-0.2, 0) is 14.6 Å². The first kappa shape index (κ1) is 17.2. The molecule has 0 radical (unpaired) electrons. The van der Waals surface area contributed by atoms with E-state index in [0.717, 1.165) is 24.2 Å². The van der Waals surface area contributed by atoms with Gasteiger partial charge in [-0.05, 0) is 39.5 Å². The van der Waals surface area contributed by atoms with Crippen molar-refractivity contribution in [2.45, 2.75) is 43.6 Å². The summed E-state index contributed by atoms with van der Waals surface area (Å²) in [5.41, 5.74) is -0.545. The maximum atomic E-state index is 12.3. The van der Waals surface area contributed by atoms with E-state index in [1.54, 1.807) is 10.3 Å². The summed E-state index contributed by atoms with van der Waals surface area (Å²) in [6.07, 6.45) is 2.70. The molecule has 1 saturated heterocycles. The first-order valence-electron chi connectivity index (χ1n) is 7.27. The summed E-state index contributed by atoms with van der Waals surface area (Å²) in [6.45, 7) is 6.49. The lowest BCUT2D eigenvalue weighted by atomic mass is 10.0. The lowest BCUT2D eigenvalue weighted by Gasteiger charge is -2.33. The molecule has 1 fully saturated rings. The van der Waals surface area contributed by atoms with E-state index in [1.165, 1.54) is 6.20 Å². The number of piperidine rings is 1. The monoisotopic (exact) mass is 346 g/mol. The van der Waals surface area contributed by atoms with Gasteiger partial charge in [0.05, 0.1) is 5.75 Å². The van der Waals surface area contributed by atoms with Crippen molar-refractivity contribution in [3.05, 3.63) is 11.6 Å². The summed E-state index contributed by atoms with van der Waals surface area (Å²) in [6, 6.07) is 0.